The van der Waals surface area contributed by atoms with E-state index in [2.05, 4.69) is 10.6 Å². The standard InChI is InChI=1S/C34H33Cl2N3O5/c1-24(38-34(42)44-23-26-13-6-3-7-14-26)33(41)37-19-20-43-31(40)21-27-15-8-9-18-30(27)39(22-25-11-4-2-5-12-25)32-28(35)16-10-17-29(32)36/h2-18,24H,19-23H2,1H3,(H,37,41)(H,38,42)/t24-/m0/s1. The molecule has 4 aromatic carbocycles. The number of rotatable bonds is 13. The minimum atomic E-state index is -0.840. The number of alkyl carbamates (subject to hydrolysis) is 1. The third-order valence-corrected chi connectivity index (χ3v) is 7.22. The number of benzene rings is 4. The maximum Gasteiger partial charge on any atom is 0.408 e. The number of nitrogens with zero attached hydrogens (tertiary/aromatic N) is 1. The number of carbonyl (C=O) groups is 3. The first kappa shape index (κ1) is 32.4. The van der Waals surface area contributed by atoms with Crippen LogP contribution >= 0.6 is 23.2 Å². The Morgan fingerprint density at radius 1 is 0.773 bits per heavy atom. The van der Waals surface area contributed by atoms with E-state index in [0.717, 1.165) is 22.4 Å². The molecule has 0 bridgehead atoms. The number of halogens is 2. The fourth-order valence-electron chi connectivity index (χ4n) is 4.43. The van der Waals surface area contributed by atoms with Crippen LogP contribution in [-0.2, 0) is 38.6 Å². The summed E-state index contributed by atoms with van der Waals surface area (Å²) >= 11 is 13.2. The highest BCUT2D eigenvalue weighted by atomic mass is 35.5. The zero-order valence-electron chi connectivity index (χ0n) is 24.2. The van der Waals surface area contributed by atoms with Gasteiger partial charge in [-0.1, -0.05) is 108 Å². The lowest BCUT2D eigenvalue weighted by Gasteiger charge is -2.29. The number of para-hydroxylation sites is 2. The molecule has 2 N–H and O–H groups in total. The van der Waals surface area contributed by atoms with Gasteiger partial charge in [0.2, 0.25) is 5.91 Å². The summed E-state index contributed by atoms with van der Waals surface area (Å²) in [6.07, 6.45) is -0.719. The Balaban J connectivity index is 1.31. The molecule has 0 heterocycles. The van der Waals surface area contributed by atoms with Crippen molar-refractivity contribution >= 4 is 52.5 Å². The fourth-order valence-corrected chi connectivity index (χ4v) is 5.03. The number of carbonyl (C=O) groups excluding carboxylic acids is 3. The highest BCUT2D eigenvalue weighted by molar-refractivity contribution is 6.39. The van der Waals surface area contributed by atoms with Gasteiger partial charge in [-0.2, -0.15) is 0 Å². The lowest BCUT2D eigenvalue weighted by atomic mass is 10.1. The van der Waals surface area contributed by atoms with Crippen molar-refractivity contribution in [1.82, 2.24) is 10.6 Å². The van der Waals surface area contributed by atoms with Crippen LogP contribution in [0.5, 0.6) is 0 Å². The van der Waals surface area contributed by atoms with Crippen molar-refractivity contribution in [1.29, 1.82) is 0 Å². The van der Waals surface area contributed by atoms with Crippen molar-refractivity contribution in [2.24, 2.45) is 0 Å². The molecule has 0 saturated carbocycles. The largest absolute Gasteiger partial charge is 0.464 e. The third kappa shape index (κ3) is 9.49. The van der Waals surface area contributed by atoms with Crippen LogP contribution in [0.1, 0.15) is 23.6 Å². The van der Waals surface area contributed by atoms with Crippen molar-refractivity contribution in [2.45, 2.75) is 32.5 Å². The third-order valence-electron chi connectivity index (χ3n) is 6.61. The molecular weight excluding hydrogens is 601 g/mol. The highest BCUT2D eigenvalue weighted by Crippen LogP contribution is 2.40. The molecule has 4 aromatic rings. The van der Waals surface area contributed by atoms with Gasteiger partial charge in [0.15, 0.2) is 0 Å². The second-order valence-electron chi connectivity index (χ2n) is 9.89. The van der Waals surface area contributed by atoms with E-state index < -0.39 is 24.0 Å². The molecular formula is C34H33Cl2N3O5. The number of hydrogen-bond acceptors (Lipinski definition) is 6. The van der Waals surface area contributed by atoms with E-state index in [4.69, 9.17) is 32.7 Å². The summed E-state index contributed by atoms with van der Waals surface area (Å²) in [6, 6.07) is 31.1. The molecule has 0 aliphatic carbocycles. The molecule has 0 aromatic heterocycles. The number of nitrogens with one attached hydrogen (secondary N) is 2. The number of hydrogen-bond donors (Lipinski definition) is 2. The maximum absolute atomic E-state index is 12.8. The molecule has 228 valence electrons. The van der Waals surface area contributed by atoms with Crippen LogP contribution in [-0.4, -0.2) is 37.2 Å². The SMILES string of the molecule is C[C@H](NC(=O)OCc1ccccc1)C(=O)NCCOC(=O)Cc1ccccc1N(Cc1ccccc1)c1c(Cl)cccc1Cl. The van der Waals surface area contributed by atoms with E-state index in [1.807, 2.05) is 89.8 Å². The minimum Gasteiger partial charge on any atom is -0.464 e. The van der Waals surface area contributed by atoms with E-state index in [9.17, 15) is 14.4 Å². The second-order valence-corrected chi connectivity index (χ2v) is 10.7. The van der Waals surface area contributed by atoms with Crippen molar-refractivity contribution in [3.63, 3.8) is 0 Å². The van der Waals surface area contributed by atoms with Crippen LogP contribution in [0.25, 0.3) is 0 Å². The molecule has 10 heteroatoms. The molecule has 0 aliphatic rings. The van der Waals surface area contributed by atoms with Crippen LogP contribution < -0.4 is 15.5 Å². The van der Waals surface area contributed by atoms with Crippen LogP contribution in [0.3, 0.4) is 0 Å². The molecule has 44 heavy (non-hydrogen) atoms. The summed E-state index contributed by atoms with van der Waals surface area (Å²) in [7, 11) is 0. The van der Waals surface area contributed by atoms with Crippen LogP contribution in [0, 0.1) is 0 Å². The Morgan fingerprint density at radius 2 is 1.39 bits per heavy atom. The topological polar surface area (TPSA) is 97.0 Å². The Labute approximate surface area is 266 Å². The zero-order valence-corrected chi connectivity index (χ0v) is 25.7. The summed E-state index contributed by atoms with van der Waals surface area (Å²) in [5.41, 5.74) is 3.98. The predicted octanol–water partition coefficient (Wildman–Crippen LogP) is 6.85. The quantitative estimate of drug-likeness (QED) is 0.123. The van der Waals surface area contributed by atoms with Crippen molar-refractivity contribution in [3.8, 4) is 0 Å². The molecule has 4 rings (SSSR count). The monoisotopic (exact) mass is 633 g/mol. The first-order valence-corrected chi connectivity index (χ1v) is 14.8. The van der Waals surface area contributed by atoms with Gasteiger partial charge in [-0.25, -0.2) is 4.79 Å². The molecule has 0 unspecified atom stereocenters. The van der Waals surface area contributed by atoms with Gasteiger partial charge in [-0.05, 0) is 41.8 Å². The molecule has 0 spiro atoms. The first-order chi connectivity index (χ1) is 21.3. The predicted molar refractivity (Wildman–Crippen MR) is 172 cm³/mol. The number of ether oxygens (including phenoxy) is 2. The summed E-state index contributed by atoms with van der Waals surface area (Å²) in [5, 5.41) is 6.09. The average Bonchev–Trinajstić information content (AvgIpc) is 3.02. The number of anilines is 2. The lowest BCUT2D eigenvalue weighted by Crippen LogP contribution is -2.45. The fraction of sp³-hybridized carbons (Fsp3) is 0.206. The van der Waals surface area contributed by atoms with Crippen LogP contribution in [0.4, 0.5) is 16.2 Å². The summed E-state index contributed by atoms with van der Waals surface area (Å²) in [5.74, 6) is -0.900. The summed E-state index contributed by atoms with van der Waals surface area (Å²) in [4.78, 5) is 39.3. The Morgan fingerprint density at radius 3 is 2.07 bits per heavy atom. The first-order valence-electron chi connectivity index (χ1n) is 14.1. The van der Waals surface area contributed by atoms with Crippen molar-refractivity contribution < 1.29 is 23.9 Å². The number of amides is 2. The van der Waals surface area contributed by atoms with Crippen LogP contribution in [0.15, 0.2) is 103 Å². The molecule has 2 amide bonds. The molecule has 0 radical (unpaired) electrons. The molecule has 8 nitrogen and oxygen atoms in total. The van der Waals surface area contributed by atoms with Gasteiger partial charge < -0.3 is 25.0 Å². The van der Waals surface area contributed by atoms with E-state index >= 15 is 0 Å². The van der Waals surface area contributed by atoms with E-state index in [0.29, 0.717) is 22.3 Å². The van der Waals surface area contributed by atoms with Gasteiger partial charge in [0.05, 0.1) is 28.7 Å². The molecule has 0 aliphatic heterocycles. The molecule has 0 fully saturated rings. The van der Waals surface area contributed by atoms with Gasteiger partial charge >= 0.3 is 12.1 Å². The number of esters is 1. The zero-order chi connectivity index (χ0) is 31.3. The smallest absolute Gasteiger partial charge is 0.408 e. The second kappa shape index (κ2) is 16.4. The lowest BCUT2D eigenvalue weighted by molar-refractivity contribution is -0.143. The Bertz CT molecular complexity index is 1530. The van der Waals surface area contributed by atoms with Crippen LogP contribution in [0.2, 0.25) is 10.0 Å². The highest BCUT2D eigenvalue weighted by Gasteiger charge is 2.21. The maximum atomic E-state index is 12.8. The van der Waals surface area contributed by atoms with Crippen molar-refractivity contribution in [2.75, 3.05) is 18.1 Å². The van der Waals surface area contributed by atoms with E-state index in [1.165, 1.54) is 6.92 Å². The van der Waals surface area contributed by atoms with Gasteiger partial charge in [-0.15, -0.1) is 0 Å². The van der Waals surface area contributed by atoms with Gasteiger partial charge in [0.25, 0.3) is 0 Å². The van der Waals surface area contributed by atoms with Gasteiger partial charge in [0.1, 0.15) is 19.3 Å². The molecule has 1 atom stereocenters. The minimum absolute atomic E-state index is 0.0112. The van der Waals surface area contributed by atoms with Gasteiger partial charge in [0, 0.05) is 12.2 Å². The normalized spacial score (nSPS) is 11.2. The van der Waals surface area contributed by atoms with Crippen molar-refractivity contribution in [3.05, 3.63) is 130 Å². The summed E-state index contributed by atoms with van der Waals surface area (Å²) in [6.45, 7) is 2.13. The Hall–Kier alpha value is -4.53. The average molecular weight is 635 g/mol. The van der Waals surface area contributed by atoms with E-state index in [1.54, 1.807) is 18.2 Å². The Kier molecular flexibility index (Phi) is 12.0. The summed E-state index contributed by atoms with van der Waals surface area (Å²) < 4.78 is 10.6. The van der Waals surface area contributed by atoms with E-state index in [-0.39, 0.29) is 26.2 Å². The molecule has 0 saturated heterocycles. The van der Waals surface area contributed by atoms with Gasteiger partial charge in [-0.3, -0.25) is 9.59 Å².